The van der Waals surface area contributed by atoms with Gasteiger partial charge in [-0.15, -0.1) is 0 Å². The number of aromatic nitrogens is 3. The van der Waals surface area contributed by atoms with Crippen LogP contribution < -0.4 is 5.32 Å². The molecular formula is C21H17ClN4O. The number of aryl methyl sites for hydroxylation is 1. The molecule has 0 aliphatic heterocycles. The molecule has 0 saturated heterocycles. The van der Waals surface area contributed by atoms with Gasteiger partial charge in [0, 0.05) is 35.0 Å². The van der Waals surface area contributed by atoms with E-state index >= 15 is 0 Å². The molecule has 0 aliphatic rings. The summed E-state index contributed by atoms with van der Waals surface area (Å²) in [4.78, 5) is 21.4. The minimum absolute atomic E-state index is 0.193. The quantitative estimate of drug-likeness (QED) is 0.562. The average Bonchev–Trinajstić information content (AvgIpc) is 3.14. The van der Waals surface area contributed by atoms with Crippen molar-refractivity contribution >= 4 is 34.1 Å². The summed E-state index contributed by atoms with van der Waals surface area (Å²) in [6, 6.07) is 15.1. The number of hydrogen-bond acceptors (Lipinski definition) is 3. The summed E-state index contributed by atoms with van der Waals surface area (Å²) >= 11 is 6.06. The predicted molar refractivity (Wildman–Crippen MR) is 107 cm³/mol. The topological polar surface area (TPSA) is 59.8 Å². The number of fused-ring (bicyclic) bond motifs is 1. The molecule has 1 amide bonds. The number of halogens is 1. The third-order valence-corrected chi connectivity index (χ3v) is 4.56. The normalized spacial score (nSPS) is 10.9. The molecule has 2 aromatic carbocycles. The van der Waals surface area contributed by atoms with Gasteiger partial charge in [-0.05, 0) is 48.9 Å². The molecule has 0 bridgehead atoms. The van der Waals surface area contributed by atoms with Crippen LogP contribution in [0.15, 0.2) is 67.3 Å². The van der Waals surface area contributed by atoms with Crippen molar-refractivity contribution in [2.45, 2.75) is 13.5 Å². The summed E-state index contributed by atoms with van der Waals surface area (Å²) in [7, 11) is 0. The number of rotatable bonds is 4. The van der Waals surface area contributed by atoms with Crippen molar-refractivity contribution in [1.82, 2.24) is 14.5 Å². The number of carbonyl (C=O) groups excluding carboxylic acids is 1. The number of nitrogens with zero attached hydrogens (tertiary/aromatic N) is 3. The molecule has 134 valence electrons. The van der Waals surface area contributed by atoms with Gasteiger partial charge in [0.25, 0.3) is 5.91 Å². The second kappa shape index (κ2) is 7.21. The van der Waals surface area contributed by atoms with E-state index in [0.717, 1.165) is 22.2 Å². The molecule has 4 rings (SSSR count). The lowest BCUT2D eigenvalue weighted by atomic mass is 10.1. The summed E-state index contributed by atoms with van der Waals surface area (Å²) in [6.07, 6.45) is 5.41. The number of nitrogens with one attached hydrogen (secondary N) is 1. The molecule has 0 aliphatic carbocycles. The molecular weight excluding hydrogens is 360 g/mol. The lowest BCUT2D eigenvalue weighted by molar-refractivity contribution is 0.102. The molecule has 0 unspecified atom stereocenters. The average molecular weight is 377 g/mol. The Morgan fingerprint density at radius 3 is 2.89 bits per heavy atom. The van der Waals surface area contributed by atoms with E-state index in [2.05, 4.69) is 15.3 Å². The standard InChI is InChI=1S/C21H17ClN4O/c1-14-19(11-16-10-17(22)5-6-20(16)24-14)21(27)25-18-4-2-3-15(9-18)12-26-8-7-23-13-26/h2-11,13H,12H2,1H3,(H,25,27). The van der Waals surface area contributed by atoms with Crippen LogP contribution in [-0.2, 0) is 6.54 Å². The number of anilines is 1. The van der Waals surface area contributed by atoms with Gasteiger partial charge in [0.1, 0.15) is 0 Å². The van der Waals surface area contributed by atoms with Crippen molar-refractivity contribution < 1.29 is 4.79 Å². The first-order chi connectivity index (χ1) is 13.1. The molecule has 2 aromatic heterocycles. The van der Waals surface area contributed by atoms with E-state index in [1.807, 2.05) is 60.2 Å². The minimum Gasteiger partial charge on any atom is -0.333 e. The van der Waals surface area contributed by atoms with Crippen molar-refractivity contribution in [2.24, 2.45) is 0 Å². The van der Waals surface area contributed by atoms with Crippen molar-refractivity contribution in [3.63, 3.8) is 0 Å². The van der Waals surface area contributed by atoms with Gasteiger partial charge in [0.05, 0.1) is 23.1 Å². The Labute approximate surface area is 161 Å². The highest BCUT2D eigenvalue weighted by Gasteiger charge is 2.12. The number of pyridine rings is 1. The first kappa shape index (κ1) is 17.2. The Balaban J connectivity index is 1.58. The molecule has 0 fully saturated rings. The highest BCUT2D eigenvalue weighted by molar-refractivity contribution is 6.31. The predicted octanol–water partition coefficient (Wildman–Crippen LogP) is 4.69. The fourth-order valence-corrected chi connectivity index (χ4v) is 3.19. The maximum absolute atomic E-state index is 12.8. The van der Waals surface area contributed by atoms with Crippen LogP contribution in [0.25, 0.3) is 10.9 Å². The number of hydrogen-bond donors (Lipinski definition) is 1. The van der Waals surface area contributed by atoms with E-state index in [9.17, 15) is 4.79 Å². The number of amides is 1. The van der Waals surface area contributed by atoms with Crippen LogP contribution in [-0.4, -0.2) is 20.4 Å². The lowest BCUT2D eigenvalue weighted by Crippen LogP contribution is -2.14. The molecule has 2 heterocycles. The third kappa shape index (κ3) is 3.83. The van der Waals surface area contributed by atoms with Crippen LogP contribution in [0.4, 0.5) is 5.69 Å². The van der Waals surface area contributed by atoms with Crippen LogP contribution in [0.3, 0.4) is 0 Å². The second-order valence-electron chi connectivity index (χ2n) is 6.35. The van der Waals surface area contributed by atoms with Gasteiger partial charge in [0.2, 0.25) is 0 Å². The molecule has 4 aromatic rings. The zero-order chi connectivity index (χ0) is 18.8. The lowest BCUT2D eigenvalue weighted by Gasteiger charge is -2.10. The molecule has 5 nitrogen and oxygen atoms in total. The van der Waals surface area contributed by atoms with Gasteiger partial charge in [-0.2, -0.15) is 0 Å². The first-order valence-corrected chi connectivity index (χ1v) is 8.89. The van der Waals surface area contributed by atoms with Crippen LogP contribution in [0, 0.1) is 6.92 Å². The zero-order valence-electron chi connectivity index (χ0n) is 14.7. The Morgan fingerprint density at radius 1 is 1.19 bits per heavy atom. The Kier molecular flexibility index (Phi) is 4.60. The van der Waals surface area contributed by atoms with Crippen molar-refractivity contribution in [2.75, 3.05) is 5.32 Å². The molecule has 0 atom stereocenters. The van der Waals surface area contributed by atoms with Crippen LogP contribution in [0.2, 0.25) is 5.02 Å². The van der Waals surface area contributed by atoms with Gasteiger partial charge >= 0.3 is 0 Å². The van der Waals surface area contributed by atoms with Crippen molar-refractivity contribution in [1.29, 1.82) is 0 Å². The van der Waals surface area contributed by atoms with E-state index in [1.54, 1.807) is 18.6 Å². The monoisotopic (exact) mass is 376 g/mol. The van der Waals surface area contributed by atoms with Crippen molar-refractivity contribution in [3.05, 3.63) is 89.1 Å². The van der Waals surface area contributed by atoms with Gasteiger partial charge in [-0.1, -0.05) is 23.7 Å². The van der Waals surface area contributed by atoms with Crippen LogP contribution >= 0.6 is 11.6 Å². The molecule has 1 N–H and O–H groups in total. The SMILES string of the molecule is Cc1nc2ccc(Cl)cc2cc1C(=O)Nc1cccc(Cn2ccnc2)c1. The maximum Gasteiger partial charge on any atom is 0.257 e. The summed E-state index contributed by atoms with van der Waals surface area (Å²) < 4.78 is 1.97. The third-order valence-electron chi connectivity index (χ3n) is 4.32. The van der Waals surface area contributed by atoms with Gasteiger partial charge in [-0.3, -0.25) is 9.78 Å². The molecule has 0 spiro atoms. The Morgan fingerprint density at radius 2 is 2.07 bits per heavy atom. The summed E-state index contributed by atoms with van der Waals surface area (Å²) in [6.45, 7) is 2.52. The number of carbonyl (C=O) groups is 1. The molecule has 0 saturated carbocycles. The fraction of sp³-hybridized carbons (Fsp3) is 0.0952. The highest BCUT2D eigenvalue weighted by atomic mass is 35.5. The largest absolute Gasteiger partial charge is 0.333 e. The summed E-state index contributed by atoms with van der Waals surface area (Å²) in [5, 5.41) is 4.42. The van der Waals surface area contributed by atoms with E-state index in [-0.39, 0.29) is 5.91 Å². The van der Waals surface area contributed by atoms with Gasteiger partial charge in [0.15, 0.2) is 0 Å². The number of imidazole rings is 1. The molecule has 6 heteroatoms. The van der Waals surface area contributed by atoms with Crippen molar-refractivity contribution in [3.8, 4) is 0 Å². The minimum atomic E-state index is -0.193. The highest BCUT2D eigenvalue weighted by Crippen LogP contribution is 2.22. The summed E-state index contributed by atoms with van der Waals surface area (Å²) in [5.41, 5.74) is 3.84. The van der Waals surface area contributed by atoms with Crippen LogP contribution in [0.1, 0.15) is 21.6 Å². The van der Waals surface area contributed by atoms with E-state index in [4.69, 9.17) is 11.6 Å². The number of benzene rings is 2. The molecule has 27 heavy (non-hydrogen) atoms. The smallest absolute Gasteiger partial charge is 0.257 e. The second-order valence-corrected chi connectivity index (χ2v) is 6.78. The zero-order valence-corrected chi connectivity index (χ0v) is 15.4. The van der Waals surface area contributed by atoms with Gasteiger partial charge < -0.3 is 9.88 Å². The Hall–Kier alpha value is -3.18. The Bertz CT molecular complexity index is 1120. The maximum atomic E-state index is 12.8. The van der Waals surface area contributed by atoms with E-state index in [0.29, 0.717) is 22.8 Å². The summed E-state index contributed by atoms with van der Waals surface area (Å²) in [5.74, 6) is -0.193. The van der Waals surface area contributed by atoms with E-state index < -0.39 is 0 Å². The fourth-order valence-electron chi connectivity index (χ4n) is 3.01. The van der Waals surface area contributed by atoms with Gasteiger partial charge in [-0.25, -0.2) is 4.98 Å². The van der Waals surface area contributed by atoms with E-state index in [1.165, 1.54) is 0 Å². The molecule has 0 radical (unpaired) electrons. The first-order valence-electron chi connectivity index (χ1n) is 8.51. The van der Waals surface area contributed by atoms with Crippen LogP contribution in [0.5, 0.6) is 0 Å².